The van der Waals surface area contributed by atoms with Crippen LogP contribution < -0.4 is 20.7 Å². The molecule has 1 aliphatic heterocycles. The maximum atomic E-state index is 15.4. The normalized spacial score (nSPS) is 20.9. The number of hydrogen-bond acceptors (Lipinski definition) is 8. The molecule has 4 rings (SSSR count). The Morgan fingerprint density at radius 3 is 2.88 bits per heavy atom. The molecule has 0 spiro atoms. The lowest BCUT2D eigenvalue weighted by atomic mass is 9.93. The number of nitrogens with one attached hydrogen (secondary N) is 1. The average molecular weight is 459 g/mol. The highest BCUT2D eigenvalue weighted by molar-refractivity contribution is 5.75. The summed E-state index contributed by atoms with van der Waals surface area (Å²) in [7, 11) is 1.62. The van der Waals surface area contributed by atoms with Crippen molar-refractivity contribution in [1.29, 1.82) is 0 Å². The molecule has 2 unspecified atom stereocenters. The number of amides is 1. The number of likely N-dealkylation sites (tertiary alicyclic amines) is 1. The second-order valence-electron chi connectivity index (χ2n) is 8.77. The van der Waals surface area contributed by atoms with Gasteiger partial charge in [-0.05, 0) is 43.5 Å². The van der Waals surface area contributed by atoms with E-state index in [-0.39, 0.29) is 30.1 Å². The Bertz CT molecular complexity index is 973. The molecule has 33 heavy (non-hydrogen) atoms. The number of nitrogens with two attached hydrogens (primary N) is 1. The number of benzene rings is 1. The molecular weight excluding hydrogens is 427 g/mol. The van der Waals surface area contributed by atoms with Crippen LogP contribution in [0.1, 0.15) is 24.8 Å². The van der Waals surface area contributed by atoms with Crippen LogP contribution in [-0.2, 0) is 11.3 Å². The van der Waals surface area contributed by atoms with Crippen molar-refractivity contribution >= 4 is 17.5 Å². The minimum atomic E-state index is -0.633. The molecule has 0 radical (unpaired) electrons. The van der Waals surface area contributed by atoms with E-state index in [4.69, 9.17) is 10.5 Å². The number of aliphatic hydroxyl groups excluding tert-OH is 1. The number of nitrogens with zero attached hydrogens (tertiary/aromatic N) is 4. The van der Waals surface area contributed by atoms with Crippen LogP contribution in [0, 0.1) is 11.7 Å². The molecule has 1 amide bonds. The maximum absolute atomic E-state index is 15.4. The van der Waals surface area contributed by atoms with Gasteiger partial charge in [-0.3, -0.25) is 9.69 Å². The predicted octanol–water partition coefficient (Wildman–Crippen LogP) is 1.37. The highest BCUT2D eigenvalue weighted by Crippen LogP contribution is 2.35. The molecule has 0 bridgehead atoms. The number of halogens is 1. The Kier molecular flexibility index (Phi) is 7.24. The van der Waals surface area contributed by atoms with Gasteiger partial charge in [-0.1, -0.05) is 12.1 Å². The van der Waals surface area contributed by atoms with Crippen molar-refractivity contribution in [1.82, 2.24) is 14.9 Å². The molecule has 178 valence electrons. The smallest absolute Gasteiger partial charge is 0.231 e. The summed E-state index contributed by atoms with van der Waals surface area (Å²) in [5.74, 6) is 0.173. The summed E-state index contributed by atoms with van der Waals surface area (Å²) >= 11 is 0. The first kappa shape index (κ1) is 23.2. The number of rotatable bonds is 10. The molecule has 10 heteroatoms. The van der Waals surface area contributed by atoms with Gasteiger partial charge in [-0.2, -0.15) is 4.39 Å². The third kappa shape index (κ3) is 5.88. The number of primary amides is 1. The molecule has 2 heterocycles. The zero-order valence-corrected chi connectivity index (χ0v) is 18.8. The van der Waals surface area contributed by atoms with E-state index < -0.39 is 17.8 Å². The molecular formula is C23H31FN6O3. The fourth-order valence-electron chi connectivity index (χ4n) is 4.29. The van der Waals surface area contributed by atoms with Crippen LogP contribution >= 0.6 is 0 Å². The molecule has 1 saturated carbocycles. The van der Waals surface area contributed by atoms with Crippen molar-refractivity contribution in [3.05, 3.63) is 42.0 Å². The first-order valence-electron chi connectivity index (χ1n) is 11.3. The Morgan fingerprint density at radius 1 is 1.36 bits per heavy atom. The molecule has 1 saturated heterocycles. The lowest BCUT2D eigenvalue weighted by molar-refractivity contribution is -0.120. The van der Waals surface area contributed by atoms with E-state index in [0.29, 0.717) is 32.6 Å². The van der Waals surface area contributed by atoms with Crippen molar-refractivity contribution < 1.29 is 19.0 Å². The van der Waals surface area contributed by atoms with Gasteiger partial charge in [0.25, 0.3) is 0 Å². The summed E-state index contributed by atoms with van der Waals surface area (Å²) in [6.07, 6.45) is 3.39. The number of piperidine rings is 1. The number of β-amino-alcohol motifs (C(OH)–C–C–N with tert-alkyl or cyclic N) is 1. The molecule has 1 aromatic carbocycles. The van der Waals surface area contributed by atoms with E-state index in [1.54, 1.807) is 7.11 Å². The number of aromatic nitrogens is 2. The first-order chi connectivity index (χ1) is 15.9. The largest absolute Gasteiger partial charge is 0.497 e. The van der Waals surface area contributed by atoms with Crippen LogP contribution in [0.4, 0.5) is 16.0 Å². The van der Waals surface area contributed by atoms with Crippen molar-refractivity contribution in [3.63, 3.8) is 0 Å². The van der Waals surface area contributed by atoms with Crippen molar-refractivity contribution in [2.24, 2.45) is 11.7 Å². The van der Waals surface area contributed by atoms with Crippen molar-refractivity contribution in [2.75, 3.05) is 43.5 Å². The third-order valence-corrected chi connectivity index (χ3v) is 6.23. The van der Waals surface area contributed by atoms with Gasteiger partial charge in [0, 0.05) is 31.6 Å². The van der Waals surface area contributed by atoms with Gasteiger partial charge >= 0.3 is 0 Å². The van der Waals surface area contributed by atoms with E-state index >= 15 is 4.39 Å². The second-order valence-corrected chi connectivity index (χ2v) is 8.77. The summed E-state index contributed by atoms with van der Waals surface area (Å²) in [6.45, 7) is 2.04. The SMILES string of the molecule is COc1cccc(CN(c2ncnc(NCC3CCN(CC(N)=O)CC3O)c2F)C2CC2)c1. The number of carbonyl (C=O) groups excluding carboxylic acids is 1. The Labute approximate surface area is 192 Å². The highest BCUT2D eigenvalue weighted by Gasteiger charge is 2.33. The van der Waals surface area contributed by atoms with Gasteiger partial charge in [0.2, 0.25) is 11.7 Å². The summed E-state index contributed by atoms with van der Waals surface area (Å²) < 4.78 is 20.8. The number of aliphatic hydroxyl groups is 1. The van der Waals surface area contributed by atoms with E-state index in [1.165, 1.54) is 6.33 Å². The number of hydrogen-bond donors (Lipinski definition) is 3. The molecule has 2 atom stereocenters. The van der Waals surface area contributed by atoms with Crippen LogP contribution in [0.3, 0.4) is 0 Å². The Hall–Kier alpha value is -2.98. The molecule has 2 aliphatic rings. The summed E-state index contributed by atoms with van der Waals surface area (Å²) in [4.78, 5) is 23.3. The Morgan fingerprint density at radius 2 is 2.18 bits per heavy atom. The summed E-state index contributed by atoms with van der Waals surface area (Å²) in [5, 5.41) is 13.5. The molecule has 1 aromatic heterocycles. The van der Waals surface area contributed by atoms with E-state index in [0.717, 1.165) is 24.2 Å². The predicted molar refractivity (Wildman–Crippen MR) is 122 cm³/mol. The Balaban J connectivity index is 1.43. The van der Waals surface area contributed by atoms with Gasteiger partial charge in [0.15, 0.2) is 11.6 Å². The average Bonchev–Trinajstić information content (AvgIpc) is 3.63. The van der Waals surface area contributed by atoms with Crippen LogP contribution in [-0.4, -0.2) is 71.3 Å². The number of methoxy groups -OCH3 is 1. The fraction of sp³-hybridized carbons (Fsp3) is 0.522. The number of anilines is 2. The van der Waals surface area contributed by atoms with Crippen LogP contribution in [0.25, 0.3) is 0 Å². The van der Waals surface area contributed by atoms with Gasteiger partial charge in [-0.15, -0.1) is 0 Å². The third-order valence-electron chi connectivity index (χ3n) is 6.23. The first-order valence-corrected chi connectivity index (χ1v) is 11.3. The quantitative estimate of drug-likeness (QED) is 0.489. The van der Waals surface area contributed by atoms with Crippen LogP contribution in [0.2, 0.25) is 0 Å². The van der Waals surface area contributed by atoms with Crippen molar-refractivity contribution in [2.45, 2.75) is 38.0 Å². The monoisotopic (exact) mass is 458 g/mol. The maximum Gasteiger partial charge on any atom is 0.231 e. The summed E-state index contributed by atoms with van der Waals surface area (Å²) in [5.41, 5.74) is 6.25. The topological polar surface area (TPSA) is 117 Å². The highest BCUT2D eigenvalue weighted by atomic mass is 19.1. The van der Waals surface area contributed by atoms with E-state index in [2.05, 4.69) is 15.3 Å². The minimum absolute atomic E-state index is 0.0803. The molecule has 1 aliphatic carbocycles. The standard InChI is InChI=1S/C23H31FN6O3/c1-33-18-4-2-3-15(9-18)11-30(17-5-6-17)23-21(24)22(27-14-28-23)26-10-16-7-8-29(12-19(16)31)13-20(25)32/h2-4,9,14,16-17,19,31H,5-8,10-13H2,1H3,(H2,25,32)(H,26,27,28). The number of ether oxygens (including phenoxy) is 1. The van der Waals surface area contributed by atoms with Crippen LogP contribution in [0.15, 0.2) is 30.6 Å². The van der Waals surface area contributed by atoms with Gasteiger partial charge in [0.05, 0.1) is 19.8 Å². The van der Waals surface area contributed by atoms with E-state index in [9.17, 15) is 9.90 Å². The zero-order valence-electron chi connectivity index (χ0n) is 18.8. The zero-order chi connectivity index (χ0) is 23.4. The van der Waals surface area contributed by atoms with Gasteiger partial charge in [-0.25, -0.2) is 9.97 Å². The van der Waals surface area contributed by atoms with Gasteiger partial charge < -0.3 is 25.8 Å². The second kappa shape index (κ2) is 10.3. The van der Waals surface area contributed by atoms with Crippen molar-refractivity contribution in [3.8, 4) is 5.75 Å². The van der Waals surface area contributed by atoms with Crippen LogP contribution in [0.5, 0.6) is 5.75 Å². The molecule has 2 aromatic rings. The summed E-state index contributed by atoms with van der Waals surface area (Å²) in [6, 6.07) is 7.97. The minimum Gasteiger partial charge on any atom is -0.497 e. The molecule has 9 nitrogen and oxygen atoms in total. The molecule has 4 N–H and O–H groups in total. The number of carbonyl (C=O) groups is 1. The lowest BCUT2D eigenvalue weighted by Gasteiger charge is -2.35. The van der Waals surface area contributed by atoms with E-state index in [1.807, 2.05) is 34.1 Å². The van der Waals surface area contributed by atoms with Gasteiger partial charge in [0.1, 0.15) is 12.1 Å². The molecule has 2 fully saturated rings. The lowest BCUT2D eigenvalue weighted by Crippen LogP contribution is -2.48. The fourth-order valence-corrected chi connectivity index (χ4v) is 4.29.